The summed E-state index contributed by atoms with van der Waals surface area (Å²) in [6.07, 6.45) is -4.44. The molecule has 1 aliphatic rings. The van der Waals surface area contributed by atoms with Crippen LogP contribution in [0.2, 0.25) is 0 Å². The lowest BCUT2D eigenvalue weighted by Crippen LogP contribution is -2.50. The van der Waals surface area contributed by atoms with E-state index in [4.69, 9.17) is 4.74 Å². The number of halogens is 3. The van der Waals surface area contributed by atoms with Crippen LogP contribution < -0.4 is 5.43 Å². The van der Waals surface area contributed by atoms with Crippen LogP contribution in [0.4, 0.5) is 18.9 Å². The van der Waals surface area contributed by atoms with E-state index in [1.807, 2.05) is 7.05 Å². The van der Waals surface area contributed by atoms with Crippen LogP contribution in [0, 0.1) is 0 Å². The molecule has 2 rings (SSSR count). The Labute approximate surface area is 144 Å². The summed E-state index contributed by atoms with van der Waals surface area (Å²) in [5, 5.41) is 4.02. The molecule has 0 bridgehead atoms. The first kappa shape index (κ1) is 19.0. The number of hydrogen-bond acceptors (Lipinski definition) is 5. The first-order valence-corrected chi connectivity index (χ1v) is 7.93. The average molecular weight is 358 g/mol. The molecule has 0 aromatic heterocycles. The number of rotatable bonds is 3. The number of ether oxygens (including phenoxy) is 1. The van der Waals surface area contributed by atoms with Crippen molar-refractivity contribution in [3.05, 3.63) is 29.8 Å². The van der Waals surface area contributed by atoms with Gasteiger partial charge in [-0.25, -0.2) is 4.79 Å². The minimum atomic E-state index is -4.44. The van der Waals surface area contributed by atoms with E-state index in [0.29, 0.717) is 13.1 Å². The van der Waals surface area contributed by atoms with Gasteiger partial charge in [0, 0.05) is 26.2 Å². The molecule has 0 aliphatic carbocycles. The zero-order valence-electron chi connectivity index (χ0n) is 14.1. The molecule has 1 aromatic rings. The van der Waals surface area contributed by atoms with E-state index >= 15 is 0 Å². The molecular formula is C16H21F3N4O2. The zero-order chi connectivity index (χ0) is 18.4. The molecule has 0 amide bonds. The van der Waals surface area contributed by atoms with Crippen molar-refractivity contribution in [1.29, 1.82) is 0 Å². The number of anilines is 1. The molecule has 0 radical (unpaired) electrons. The van der Waals surface area contributed by atoms with Gasteiger partial charge in [0.1, 0.15) is 0 Å². The number of nitrogens with zero attached hydrogens (tertiary/aromatic N) is 3. The van der Waals surface area contributed by atoms with Crippen molar-refractivity contribution in [3.63, 3.8) is 0 Å². The number of nitrogens with one attached hydrogen (secondary N) is 1. The number of alkyl halides is 3. The fourth-order valence-electron chi connectivity index (χ4n) is 2.34. The second-order valence-corrected chi connectivity index (χ2v) is 5.64. The molecule has 0 unspecified atom stereocenters. The molecule has 0 spiro atoms. The predicted molar refractivity (Wildman–Crippen MR) is 88.2 cm³/mol. The highest BCUT2D eigenvalue weighted by molar-refractivity contribution is 6.35. The number of benzene rings is 1. The Hall–Kier alpha value is -2.29. The third-order valence-electron chi connectivity index (χ3n) is 3.74. The highest BCUT2D eigenvalue weighted by Crippen LogP contribution is 2.30. The largest absolute Gasteiger partial charge is 0.460 e. The van der Waals surface area contributed by atoms with E-state index in [0.717, 1.165) is 25.2 Å². The van der Waals surface area contributed by atoms with Gasteiger partial charge >= 0.3 is 12.1 Å². The lowest BCUT2D eigenvalue weighted by molar-refractivity contribution is -0.138. The first-order valence-electron chi connectivity index (χ1n) is 7.93. The summed E-state index contributed by atoms with van der Waals surface area (Å²) in [6.45, 7) is 4.54. The molecule has 1 fully saturated rings. The van der Waals surface area contributed by atoms with Gasteiger partial charge in [-0.3, -0.25) is 5.43 Å². The Kier molecular flexibility index (Phi) is 6.24. The number of carbonyl (C=O) groups excluding carboxylic acids is 1. The number of amidine groups is 1. The highest BCUT2D eigenvalue weighted by Gasteiger charge is 2.30. The molecule has 1 N–H and O–H groups in total. The fourth-order valence-corrected chi connectivity index (χ4v) is 2.34. The van der Waals surface area contributed by atoms with E-state index in [1.165, 1.54) is 12.1 Å². The standard InChI is InChI=1S/C16H21F3N4O2/c1-3-25-15(24)14(23-9-7-22(2)8-10-23)21-20-13-6-4-5-12(11-13)16(17,18)19/h4-6,11,20H,3,7-10H2,1-2H3/b21-14-. The smallest absolute Gasteiger partial charge is 0.416 e. The van der Waals surface area contributed by atoms with Gasteiger partial charge in [0.05, 0.1) is 17.9 Å². The molecule has 0 saturated carbocycles. The van der Waals surface area contributed by atoms with Crippen molar-refractivity contribution < 1.29 is 22.7 Å². The van der Waals surface area contributed by atoms with Crippen molar-refractivity contribution in [3.8, 4) is 0 Å². The van der Waals surface area contributed by atoms with Crippen molar-refractivity contribution in [2.75, 3.05) is 45.3 Å². The first-order chi connectivity index (χ1) is 11.8. The highest BCUT2D eigenvalue weighted by atomic mass is 19.4. The second kappa shape index (κ2) is 8.19. The second-order valence-electron chi connectivity index (χ2n) is 5.64. The van der Waals surface area contributed by atoms with Crippen LogP contribution in [0.15, 0.2) is 29.4 Å². The number of carbonyl (C=O) groups is 1. The molecule has 138 valence electrons. The maximum Gasteiger partial charge on any atom is 0.416 e. The summed E-state index contributed by atoms with van der Waals surface area (Å²) in [4.78, 5) is 16.0. The Morgan fingerprint density at radius 3 is 2.56 bits per heavy atom. The van der Waals surface area contributed by atoms with Gasteiger partial charge in [-0.05, 0) is 32.2 Å². The molecule has 0 atom stereocenters. The number of likely N-dealkylation sites (N-methyl/N-ethyl adjacent to an activating group) is 1. The van der Waals surface area contributed by atoms with Crippen LogP contribution in [0.25, 0.3) is 0 Å². The average Bonchev–Trinajstić information content (AvgIpc) is 2.56. The maximum absolute atomic E-state index is 12.8. The van der Waals surface area contributed by atoms with Crippen molar-refractivity contribution in [2.45, 2.75) is 13.1 Å². The predicted octanol–water partition coefficient (Wildman–Crippen LogP) is 2.24. The number of esters is 1. The lowest BCUT2D eigenvalue weighted by atomic mass is 10.2. The molecular weight excluding hydrogens is 337 g/mol. The number of hydrazone groups is 1. The van der Waals surface area contributed by atoms with Crippen LogP contribution in [0.1, 0.15) is 12.5 Å². The van der Waals surface area contributed by atoms with Gasteiger partial charge in [0.25, 0.3) is 0 Å². The van der Waals surface area contributed by atoms with Crippen molar-refractivity contribution >= 4 is 17.5 Å². The summed E-state index contributed by atoms with van der Waals surface area (Å²) < 4.78 is 43.3. The summed E-state index contributed by atoms with van der Waals surface area (Å²) >= 11 is 0. The molecule has 1 aliphatic heterocycles. The minimum absolute atomic E-state index is 0.0624. The summed E-state index contributed by atoms with van der Waals surface area (Å²) in [6, 6.07) is 4.64. The Morgan fingerprint density at radius 1 is 1.28 bits per heavy atom. The maximum atomic E-state index is 12.8. The third-order valence-corrected chi connectivity index (χ3v) is 3.74. The van der Waals surface area contributed by atoms with E-state index in [9.17, 15) is 18.0 Å². The van der Waals surface area contributed by atoms with Crippen molar-refractivity contribution in [1.82, 2.24) is 9.80 Å². The quantitative estimate of drug-likeness (QED) is 0.389. The number of piperazine rings is 1. The molecule has 1 aromatic carbocycles. The monoisotopic (exact) mass is 358 g/mol. The van der Waals surface area contributed by atoms with Gasteiger partial charge < -0.3 is 14.5 Å². The summed E-state index contributed by atoms with van der Waals surface area (Å²) in [7, 11) is 1.97. The van der Waals surface area contributed by atoms with Gasteiger partial charge in [-0.1, -0.05) is 6.07 Å². The number of hydrogen-bond donors (Lipinski definition) is 1. The minimum Gasteiger partial charge on any atom is -0.460 e. The Balaban J connectivity index is 2.18. The van der Waals surface area contributed by atoms with Gasteiger partial charge in [-0.15, -0.1) is 5.10 Å². The SMILES string of the molecule is CCOC(=O)/C(=N/Nc1cccc(C(F)(F)F)c1)N1CCN(C)CC1. The van der Waals surface area contributed by atoms with E-state index in [2.05, 4.69) is 15.4 Å². The van der Waals surface area contributed by atoms with Gasteiger partial charge in [-0.2, -0.15) is 13.2 Å². The molecule has 1 heterocycles. The van der Waals surface area contributed by atoms with E-state index < -0.39 is 17.7 Å². The van der Waals surface area contributed by atoms with Crippen LogP contribution >= 0.6 is 0 Å². The van der Waals surface area contributed by atoms with Gasteiger partial charge in [0.15, 0.2) is 0 Å². The summed E-state index contributed by atoms with van der Waals surface area (Å²) in [5.41, 5.74) is 1.89. The van der Waals surface area contributed by atoms with Crippen LogP contribution in [-0.2, 0) is 15.7 Å². The zero-order valence-corrected chi connectivity index (χ0v) is 14.1. The molecule has 1 saturated heterocycles. The Morgan fingerprint density at radius 2 is 1.96 bits per heavy atom. The van der Waals surface area contributed by atoms with Crippen LogP contribution in [-0.4, -0.2) is 61.4 Å². The molecule has 25 heavy (non-hydrogen) atoms. The normalized spacial score (nSPS) is 16.7. The van der Waals surface area contributed by atoms with Crippen molar-refractivity contribution in [2.24, 2.45) is 5.10 Å². The van der Waals surface area contributed by atoms with E-state index in [-0.39, 0.29) is 18.1 Å². The lowest BCUT2D eigenvalue weighted by Gasteiger charge is -2.33. The van der Waals surface area contributed by atoms with Gasteiger partial charge in [0.2, 0.25) is 5.84 Å². The summed E-state index contributed by atoms with van der Waals surface area (Å²) in [5.74, 6) is -0.543. The topological polar surface area (TPSA) is 57.2 Å². The molecule has 9 heteroatoms. The fraction of sp³-hybridized carbons (Fsp3) is 0.500. The van der Waals surface area contributed by atoms with Crippen LogP contribution in [0.5, 0.6) is 0 Å². The van der Waals surface area contributed by atoms with Crippen LogP contribution in [0.3, 0.4) is 0 Å². The third kappa shape index (κ3) is 5.35. The Bertz CT molecular complexity index is 626. The van der Waals surface area contributed by atoms with E-state index in [1.54, 1.807) is 11.8 Å². The molecule has 6 nitrogen and oxygen atoms in total.